The third-order valence-electron chi connectivity index (χ3n) is 6.64. The normalized spacial score (nSPS) is 26.5. The minimum absolute atomic E-state index is 0.0333. The zero-order valence-corrected chi connectivity index (χ0v) is 18.7. The molecule has 5 nitrogen and oxygen atoms in total. The monoisotopic (exact) mass is 437 g/mol. The lowest BCUT2D eigenvalue weighted by molar-refractivity contribution is -0.144. The van der Waals surface area contributed by atoms with Gasteiger partial charge in [0, 0.05) is 28.6 Å². The summed E-state index contributed by atoms with van der Waals surface area (Å²) in [6.45, 7) is 3.77. The number of carbonyl (C=O) groups is 2. The van der Waals surface area contributed by atoms with Gasteiger partial charge in [0.25, 0.3) is 0 Å². The Balaban J connectivity index is 1.56. The maximum atomic E-state index is 13.5. The third-order valence-corrected chi connectivity index (χ3v) is 7.64. The predicted octanol–water partition coefficient (Wildman–Crippen LogP) is 5.35. The number of carbonyl (C=O) groups excluding carboxylic acids is 2. The average Bonchev–Trinajstić information content (AvgIpc) is 3.49. The number of Topliss-reactive ketones (excluding diaryl/α,β-unsaturated/α-hetero) is 1. The number of hydrogen-bond donors (Lipinski definition) is 1. The van der Waals surface area contributed by atoms with Crippen LogP contribution in [0.5, 0.6) is 0 Å². The molecule has 6 heteroatoms. The van der Waals surface area contributed by atoms with Crippen LogP contribution in [0.1, 0.15) is 67.3 Å². The van der Waals surface area contributed by atoms with Gasteiger partial charge in [0.05, 0.1) is 17.4 Å². The lowest BCUT2D eigenvalue weighted by Crippen LogP contribution is -2.42. The van der Waals surface area contributed by atoms with E-state index >= 15 is 0 Å². The molecule has 3 aliphatic rings. The van der Waals surface area contributed by atoms with Crippen molar-refractivity contribution in [3.05, 3.63) is 69.1 Å². The molecule has 2 aromatic rings. The molecule has 3 unspecified atom stereocenters. The molecule has 0 spiro atoms. The first-order chi connectivity index (χ1) is 15.0. The molecule has 1 aliphatic heterocycles. The van der Waals surface area contributed by atoms with Gasteiger partial charge in [-0.1, -0.05) is 12.1 Å². The molecule has 1 saturated carbocycles. The standard InChI is InChI=1S/C25H27NO4S/c1-14-9-10-20(29-14)24-22(25(28)30-17-6-3-4-7-17)15(2)26-18-12-16(13-19(27)23(18)24)21-8-5-11-31-21/h5,8-12,16-17,23-24,26H,3-4,6-7,13H2,1-2H3. The second-order valence-electron chi connectivity index (χ2n) is 8.79. The van der Waals surface area contributed by atoms with Gasteiger partial charge in [-0.3, -0.25) is 4.79 Å². The number of aryl methyl sites for hydroxylation is 1. The summed E-state index contributed by atoms with van der Waals surface area (Å²) in [5.41, 5.74) is 2.12. The molecule has 0 amide bonds. The molecule has 2 aromatic heterocycles. The highest BCUT2D eigenvalue weighted by atomic mass is 32.1. The zero-order chi connectivity index (χ0) is 21.5. The highest BCUT2D eigenvalue weighted by Gasteiger charge is 2.46. The minimum atomic E-state index is -0.466. The maximum absolute atomic E-state index is 13.5. The number of allylic oxidation sites excluding steroid dienone is 3. The van der Waals surface area contributed by atoms with Crippen LogP contribution in [0.4, 0.5) is 0 Å². The smallest absolute Gasteiger partial charge is 0.336 e. The quantitative estimate of drug-likeness (QED) is 0.653. The molecular weight excluding hydrogens is 410 g/mol. The molecular formula is C25H27NO4S. The topological polar surface area (TPSA) is 68.5 Å². The van der Waals surface area contributed by atoms with Gasteiger partial charge in [-0.2, -0.15) is 0 Å². The van der Waals surface area contributed by atoms with Crippen molar-refractivity contribution in [2.75, 3.05) is 0 Å². The van der Waals surface area contributed by atoms with E-state index in [1.165, 1.54) is 4.88 Å². The summed E-state index contributed by atoms with van der Waals surface area (Å²) in [4.78, 5) is 27.9. The first-order valence-electron chi connectivity index (χ1n) is 11.0. The fourth-order valence-electron chi connectivity index (χ4n) is 5.18. The second kappa shape index (κ2) is 8.15. The largest absolute Gasteiger partial charge is 0.466 e. The Kier molecular flexibility index (Phi) is 5.34. The van der Waals surface area contributed by atoms with E-state index in [9.17, 15) is 9.59 Å². The van der Waals surface area contributed by atoms with Gasteiger partial charge in [0.15, 0.2) is 0 Å². The van der Waals surface area contributed by atoms with Gasteiger partial charge < -0.3 is 14.5 Å². The number of fused-ring (bicyclic) bond motifs is 1. The van der Waals surface area contributed by atoms with E-state index in [0.29, 0.717) is 17.8 Å². The number of hydrogen-bond acceptors (Lipinski definition) is 6. The van der Waals surface area contributed by atoms with Crippen LogP contribution in [0.2, 0.25) is 0 Å². The van der Waals surface area contributed by atoms with Gasteiger partial charge in [0.2, 0.25) is 0 Å². The van der Waals surface area contributed by atoms with Crippen molar-refractivity contribution >= 4 is 23.1 Å². The van der Waals surface area contributed by atoms with Gasteiger partial charge in [-0.25, -0.2) is 4.79 Å². The van der Waals surface area contributed by atoms with Gasteiger partial charge >= 0.3 is 5.97 Å². The number of ketones is 1. The number of ether oxygens (including phenoxy) is 1. The molecule has 31 heavy (non-hydrogen) atoms. The van der Waals surface area contributed by atoms with Crippen LogP contribution < -0.4 is 5.32 Å². The molecule has 162 valence electrons. The second-order valence-corrected chi connectivity index (χ2v) is 9.77. The Morgan fingerprint density at radius 3 is 2.65 bits per heavy atom. The van der Waals surface area contributed by atoms with Crippen molar-refractivity contribution in [3.8, 4) is 0 Å². The summed E-state index contributed by atoms with van der Waals surface area (Å²) in [5.74, 6) is 0.341. The van der Waals surface area contributed by atoms with Gasteiger partial charge in [-0.05, 0) is 63.1 Å². The number of esters is 1. The SMILES string of the molecule is CC1=C(C(=O)OC2CCCC2)C(c2ccc(C)o2)C2C(=O)CC(c3cccs3)C=C2N1. The van der Waals surface area contributed by atoms with Gasteiger partial charge in [0.1, 0.15) is 23.4 Å². The van der Waals surface area contributed by atoms with E-state index < -0.39 is 11.8 Å². The van der Waals surface area contributed by atoms with Crippen LogP contribution in [-0.4, -0.2) is 17.9 Å². The third kappa shape index (κ3) is 3.78. The highest BCUT2D eigenvalue weighted by Crippen LogP contribution is 2.47. The van der Waals surface area contributed by atoms with Crippen LogP contribution in [0.25, 0.3) is 0 Å². The van der Waals surface area contributed by atoms with Gasteiger partial charge in [-0.15, -0.1) is 11.3 Å². The molecule has 5 rings (SSSR count). The molecule has 1 N–H and O–H groups in total. The molecule has 1 fully saturated rings. The number of furan rings is 1. The fourth-order valence-corrected chi connectivity index (χ4v) is 5.98. The van der Waals surface area contributed by atoms with Crippen molar-refractivity contribution in [3.63, 3.8) is 0 Å². The van der Waals surface area contributed by atoms with E-state index in [-0.39, 0.29) is 23.8 Å². The summed E-state index contributed by atoms with van der Waals surface area (Å²) in [5, 5.41) is 5.42. The molecule has 3 heterocycles. The predicted molar refractivity (Wildman–Crippen MR) is 119 cm³/mol. The lowest BCUT2D eigenvalue weighted by atomic mass is 9.71. The Hall–Kier alpha value is -2.60. The summed E-state index contributed by atoms with van der Waals surface area (Å²) in [7, 11) is 0. The fraction of sp³-hybridized carbons (Fsp3) is 0.440. The molecule has 0 bridgehead atoms. The van der Waals surface area contributed by atoms with E-state index in [2.05, 4.69) is 17.5 Å². The Labute approximate surface area is 186 Å². The van der Waals surface area contributed by atoms with Crippen LogP contribution in [0.15, 0.2) is 57.1 Å². The summed E-state index contributed by atoms with van der Waals surface area (Å²) in [6, 6.07) is 7.86. The maximum Gasteiger partial charge on any atom is 0.336 e. The van der Waals surface area contributed by atoms with E-state index in [1.54, 1.807) is 11.3 Å². The van der Waals surface area contributed by atoms with E-state index in [4.69, 9.17) is 9.15 Å². The van der Waals surface area contributed by atoms with Crippen LogP contribution in [0.3, 0.4) is 0 Å². The van der Waals surface area contributed by atoms with Crippen molar-refractivity contribution < 1.29 is 18.7 Å². The zero-order valence-electron chi connectivity index (χ0n) is 17.9. The van der Waals surface area contributed by atoms with E-state index in [0.717, 1.165) is 42.8 Å². The summed E-state index contributed by atoms with van der Waals surface area (Å²) >= 11 is 1.67. The minimum Gasteiger partial charge on any atom is -0.466 e. The molecule has 2 aliphatic carbocycles. The Morgan fingerprint density at radius 1 is 1.16 bits per heavy atom. The number of nitrogens with one attached hydrogen (secondary N) is 1. The van der Waals surface area contributed by atoms with Crippen LogP contribution in [-0.2, 0) is 14.3 Å². The van der Waals surface area contributed by atoms with E-state index in [1.807, 2.05) is 37.4 Å². The highest BCUT2D eigenvalue weighted by molar-refractivity contribution is 7.10. The molecule has 0 aromatic carbocycles. The summed E-state index contributed by atoms with van der Waals surface area (Å²) < 4.78 is 11.8. The molecule has 3 atom stereocenters. The molecule has 0 saturated heterocycles. The number of thiophene rings is 1. The average molecular weight is 438 g/mol. The van der Waals surface area contributed by atoms with Crippen molar-refractivity contribution in [2.45, 2.75) is 63.9 Å². The number of rotatable bonds is 4. The molecule has 0 radical (unpaired) electrons. The lowest BCUT2D eigenvalue weighted by Gasteiger charge is -2.38. The Bertz CT molecular complexity index is 1060. The van der Waals surface area contributed by atoms with Crippen molar-refractivity contribution in [1.82, 2.24) is 5.32 Å². The first kappa shape index (κ1) is 20.3. The summed E-state index contributed by atoms with van der Waals surface area (Å²) in [6.07, 6.45) is 6.55. The van der Waals surface area contributed by atoms with Crippen LogP contribution >= 0.6 is 11.3 Å². The first-order valence-corrected chi connectivity index (χ1v) is 11.9. The van der Waals surface area contributed by atoms with Crippen LogP contribution in [0, 0.1) is 12.8 Å². The Morgan fingerprint density at radius 2 is 1.97 bits per heavy atom. The van der Waals surface area contributed by atoms with Crippen molar-refractivity contribution in [1.29, 1.82) is 0 Å². The van der Waals surface area contributed by atoms with Crippen molar-refractivity contribution in [2.24, 2.45) is 5.92 Å².